The molecular weight excluding hydrogens is 409 g/mol. The van der Waals surface area contributed by atoms with Gasteiger partial charge in [0.25, 0.3) is 0 Å². The number of piperidine rings is 1. The molecule has 1 aliphatic heterocycles. The van der Waals surface area contributed by atoms with Crippen molar-refractivity contribution < 1.29 is 18.7 Å². The summed E-state index contributed by atoms with van der Waals surface area (Å²) in [6.45, 7) is 7.22. The van der Waals surface area contributed by atoms with E-state index in [1.165, 1.54) is 24.4 Å². The first-order valence-corrected chi connectivity index (χ1v) is 11.0. The first-order valence-electron chi connectivity index (χ1n) is 11.0. The number of likely N-dealkylation sites (tertiary alicyclic amines) is 1. The summed E-state index contributed by atoms with van der Waals surface area (Å²) in [5.41, 5.74) is 0.561. The molecule has 2 heterocycles. The second-order valence-electron chi connectivity index (χ2n) is 8.45. The quantitative estimate of drug-likeness (QED) is 0.648. The van der Waals surface area contributed by atoms with Crippen LogP contribution in [0, 0.1) is 17.7 Å². The van der Waals surface area contributed by atoms with Crippen molar-refractivity contribution in [3.05, 3.63) is 60.2 Å². The molecule has 1 N–H and O–H groups in total. The molecule has 6 nitrogen and oxygen atoms in total. The molecule has 170 valence electrons. The number of nitrogens with one attached hydrogen (secondary N) is 1. The highest BCUT2D eigenvalue weighted by Gasteiger charge is 2.27. The molecule has 1 fully saturated rings. The third-order valence-electron chi connectivity index (χ3n) is 5.78. The third kappa shape index (κ3) is 6.39. The van der Waals surface area contributed by atoms with Crippen LogP contribution >= 0.6 is 0 Å². The molecule has 7 heteroatoms. The number of pyridine rings is 1. The van der Waals surface area contributed by atoms with Crippen molar-refractivity contribution in [2.45, 2.75) is 39.7 Å². The van der Waals surface area contributed by atoms with E-state index < -0.39 is 5.82 Å². The van der Waals surface area contributed by atoms with E-state index in [4.69, 9.17) is 4.74 Å². The largest absolute Gasteiger partial charge is 0.453 e. The van der Waals surface area contributed by atoms with Crippen LogP contribution in [-0.4, -0.2) is 40.8 Å². The Morgan fingerprint density at radius 2 is 1.97 bits per heavy atom. The van der Waals surface area contributed by atoms with Crippen molar-refractivity contribution in [2.75, 3.05) is 13.1 Å². The minimum Gasteiger partial charge on any atom is -0.453 e. The van der Waals surface area contributed by atoms with Gasteiger partial charge in [0.05, 0.1) is 6.20 Å². The van der Waals surface area contributed by atoms with Gasteiger partial charge in [0.1, 0.15) is 5.75 Å². The number of nitrogens with zero attached hydrogens (tertiary/aromatic N) is 2. The van der Waals surface area contributed by atoms with Gasteiger partial charge in [0.15, 0.2) is 11.6 Å². The Hall–Kier alpha value is -3.22. The van der Waals surface area contributed by atoms with E-state index in [1.807, 2.05) is 6.92 Å². The zero-order valence-electron chi connectivity index (χ0n) is 18.8. The third-order valence-corrected chi connectivity index (χ3v) is 5.78. The molecule has 1 unspecified atom stereocenters. The van der Waals surface area contributed by atoms with E-state index in [-0.39, 0.29) is 29.5 Å². The minimum absolute atomic E-state index is 0.0642. The fraction of sp³-hybridized carbons (Fsp3) is 0.400. The lowest BCUT2D eigenvalue weighted by Crippen LogP contribution is -2.45. The van der Waals surface area contributed by atoms with Crippen molar-refractivity contribution in [2.24, 2.45) is 11.8 Å². The average molecular weight is 440 g/mol. The molecule has 0 aliphatic carbocycles. The van der Waals surface area contributed by atoms with Crippen LogP contribution in [0.25, 0.3) is 6.08 Å². The summed E-state index contributed by atoms with van der Waals surface area (Å²) in [5.74, 6) is 0.255. The average Bonchev–Trinajstić information content (AvgIpc) is 2.79. The van der Waals surface area contributed by atoms with Gasteiger partial charge in [-0.2, -0.15) is 0 Å². The summed E-state index contributed by atoms with van der Waals surface area (Å²) >= 11 is 0. The second-order valence-corrected chi connectivity index (χ2v) is 8.45. The Kier molecular flexibility index (Phi) is 7.98. The lowest BCUT2D eigenvalue weighted by Gasteiger charge is -2.31. The van der Waals surface area contributed by atoms with Gasteiger partial charge in [0, 0.05) is 37.3 Å². The first-order chi connectivity index (χ1) is 15.3. The summed E-state index contributed by atoms with van der Waals surface area (Å²) < 4.78 is 19.8. The molecule has 0 saturated carbocycles. The number of carbonyl (C=O) groups excluding carboxylic acids is 2. The number of hydrogen-bond acceptors (Lipinski definition) is 4. The summed E-state index contributed by atoms with van der Waals surface area (Å²) in [6.07, 6.45) is 7.43. The molecule has 1 atom stereocenters. The highest BCUT2D eigenvalue weighted by molar-refractivity contribution is 5.92. The van der Waals surface area contributed by atoms with Gasteiger partial charge in [-0.05, 0) is 61.6 Å². The van der Waals surface area contributed by atoms with Crippen molar-refractivity contribution in [3.8, 4) is 11.5 Å². The Morgan fingerprint density at radius 1 is 1.22 bits per heavy atom. The number of ether oxygens (including phenoxy) is 1. The molecule has 1 saturated heterocycles. The maximum absolute atomic E-state index is 14.4. The van der Waals surface area contributed by atoms with Gasteiger partial charge in [-0.15, -0.1) is 0 Å². The van der Waals surface area contributed by atoms with Gasteiger partial charge in [-0.3, -0.25) is 14.6 Å². The second kappa shape index (κ2) is 10.9. The molecule has 2 aromatic rings. The zero-order valence-corrected chi connectivity index (χ0v) is 18.8. The Balaban J connectivity index is 1.51. The molecule has 3 rings (SSSR count). The van der Waals surface area contributed by atoms with Crippen LogP contribution in [0.2, 0.25) is 0 Å². The smallest absolute Gasteiger partial charge is 0.246 e. The highest BCUT2D eigenvalue weighted by Crippen LogP contribution is 2.25. The maximum Gasteiger partial charge on any atom is 0.246 e. The zero-order chi connectivity index (χ0) is 23.1. The standard InChI is InChI=1S/C25H30FN3O3/c1-17(2)18(3)28-25(31)20-10-13-29(14-11-20)24(30)9-7-19-6-8-23(22(26)15-19)32-21-5-4-12-27-16-21/h4-9,12,15-18,20H,10-11,13-14H2,1-3H3,(H,28,31)/b9-7+. The number of benzene rings is 1. The SMILES string of the molecule is CC(C)C(C)NC(=O)C1CCN(C(=O)/C=C/c2ccc(Oc3cccnc3)c(F)c2)CC1. The molecule has 1 aromatic carbocycles. The van der Waals surface area contributed by atoms with Crippen LogP contribution in [0.3, 0.4) is 0 Å². The lowest BCUT2D eigenvalue weighted by molar-refractivity contribution is -0.132. The molecule has 1 aromatic heterocycles. The molecular formula is C25H30FN3O3. The number of rotatable bonds is 7. The van der Waals surface area contributed by atoms with Crippen LogP contribution in [0.5, 0.6) is 11.5 Å². The van der Waals surface area contributed by atoms with Crippen LogP contribution in [0.4, 0.5) is 4.39 Å². The van der Waals surface area contributed by atoms with Crippen LogP contribution in [-0.2, 0) is 9.59 Å². The normalized spacial score (nSPS) is 15.7. The Morgan fingerprint density at radius 3 is 2.59 bits per heavy atom. The molecule has 0 spiro atoms. The van der Waals surface area contributed by atoms with Crippen LogP contribution < -0.4 is 10.1 Å². The summed E-state index contributed by atoms with van der Waals surface area (Å²) in [6, 6.07) is 8.06. The monoisotopic (exact) mass is 439 g/mol. The Labute approximate surface area is 188 Å². The number of aromatic nitrogens is 1. The van der Waals surface area contributed by atoms with Gasteiger partial charge in [-0.25, -0.2) is 4.39 Å². The van der Waals surface area contributed by atoms with Crippen molar-refractivity contribution >= 4 is 17.9 Å². The molecule has 1 aliphatic rings. The fourth-order valence-corrected chi connectivity index (χ4v) is 3.38. The lowest BCUT2D eigenvalue weighted by atomic mass is 9.94. The van der Waals surface area contributed by atoms with Gasteiger partial charge < -0.3 is 15.0 Å². The van der Waals surface area contributed by atoms with Crippen molar-refractivity contribution in [1.29, 1.82) is 0 Å². The predicted molar refractivity (Wildman–Crippen MR) is 121 cm³/mol. The van der Waals surface area contributed by atoms with Crippen molar-refractivity contribution in [3.63, 3.8) is 0 Å². The fourth-order valence-electron chi connectivity index (χ4n) is 3.38. The maximum atomic E-state index is 14.4. The first kappa shape index (κ1) is 23.4. The van der Waals surface area contributed by atoms with E-state index in [9.17, 15) is 14.0 Å². The van der Waals surface area contributed by atoms with E-state index in [0.29, 0.717) is 43.2 Å². The highest BCUT2D eigenvalue weighted by atomic mass is 19.1. The van der Waals surface area contributed by atoms with E-state index in [0.717, 1.165) is 0 Å². The number of hydrogen-bond donors (Lipinski definition) is 1. The van der Waals surface area contributed by atoms with E-state index in [2.05, 4.69) is 24.1 Å². The van der Waals surface area contributed by atoms with Crippen molar-refractivity contribution in [1.82, 2.24) is 15.2 Å². The van der Waals surface area contributed by atoms with E-state index >= 15 is 0 Å². The molecule has 2 amide bonds. The summed E-state index contributed by atoms with van der Waals surface area (Å²) in [7, 11) is 0. The van der Waals surface area contributed by atoms with Crippen LogP contribution in [0.15, 0.2) is 48.8 Å². The topological polar surface area (TPSA) is 71.5 Å². The van der Waals surface area contributed by atoms with Gasteiger partial charge in [0.2, 0.25) is 11.8 Å². The number of carbonyl (C=O) groups is 2. The predicted octanol–water partition coefficient (Wildman–Crippen LogP) is 4.43. The number of halogens is 1. The van der Waals surface area contributed by atoms with Gasteiger partial charge in [-0.1, -0.05) is 19.9 Å². The Bertz CT molecular complexity index is 954. The summed E-state index contributed by atoms with van der Waals surface area (Å²) in [5, 5.41) is 3.06. The minimum atomic E-state index is -0.522. The molecule has 32 heavy (non-hydrogen) atoms. The van der Waals surface area contributed by atoms with Crippen LogP contribution in [0.1, 0.15) is 39.2 Å². The molecule has 0 bridgehead atoms. The van der Waals surface area contributed by atoms with E-state index in [1.54, 1.807) is 35.4 Å². The number of amides is 2. The summed E-state index contributed by atoms with van der Waals surface area (Å²) in [4.78, 5) is 30.6. The molecule has 0 radical (unpaired) electrons. The van der Waals surface area contributed by atoms with Gasteiger partial charge >= 0.3 is 0 Å².